The predicted molar refractivity (Wildman–Crippen MR) is 54.9 cm³/mol. The number of ether oxygens (including phenoxy) is 2. The van der Waals surface area contributed by atoms with E-state index in [0.29, 0.717) is 25.5 Å². The molecule has 84 valence electrons. The Kier molecular flexibility index (Phi) is 5.00. The van der Waals surface area contributed by atoms with Crippen molar-refractivity contribution in [2.75, 3.05) is 26.9 Å². The van der Waals surface area contributed by atoms with Crippen LogP contribution >= 0.6 is 0 Å². The maximum absolute atomic E-state index is 11.6. The number of hydrogen-bond acceptors (Lipinski definition) is 4. The Morgan fingerprint density at radius 1 is 1.53 bits per heavy atom. The molecule has 0 amide bonds. The minimum atomic E-state index is -0.0505. The first-order valence-corrected chi connectivity index (χ1v) is 4.91. The molecule has 0 bridgehead atoms. The molecule has 0 spiro atoms. The molecule has 5 nitrogen and oxygen atoms in total. The van der Waals surface area contributed by atoms with Crippen molar-refractivity contribution >= 4 is 5.78 Å². The van der Waals surface area contributed by atoms with Crippen LogP contribution in [0.5, 0.6) is 0 Å². The van der Waals surface area contributed by atoms with Gasteiger partial charge in [0.05, 0.1) is 13.2 Å². The molecule has 0 aliphatic carbocycles. The molecule has 0 atom stereocenters. The third-order valence-corrected chi connectivity index (χ3v) is 1.97. The van der Waals surface area contributed by atoms with E-state index in [0.717, 1.165) is 0 Å². The highest BCUT2D eigenvalue weighted by Crippen LogP contribution is 2.00. The van der Waals surface area contributed by atoms with Crippen molar-refractivity contribution in [3.05, 3.63) is 18.0 Å². The molecule has 1 aromatic heterocycles. The summed E-state index contributed by atoms with van der Waals surface area (Å²) < 4.78 is 11.6. The first kappa shape index (κ1) is 11.9. The molecule has 0 N–H and O–H groups in total. The van der Waals surface area contributed by atoms with Gasteiger partial charge in [-0.15, -0.1) is 0 Å². The summed E-state index contributed by atoms with van der Waals surface area (Å²) in [5.41, 5.74) is 0.593. The van der Waals surface area contributed by atoms with Crippen LogP contribution in [-0.2, 0) is 16.0 Å². The minimum absolute atomic E-state index is 0.0505. The van der Waals surface area contributed by atoms with Crippen LogP contribution in [0, 0.1) is 0 Å². The predicted octanol–water partition coefficient (Wildman–Crippen LogP) is 0.749. The van der Waals surface area contributed by atoms with Crippen LogP contribution in [0.1, 0.15) is 17.4 Å². The smallest absolute Gasteiger partial charge is 0.206 e. The Morgan fingerprint density at radius 3 is 3.00 bits per heavy atom. The monoisotopic (exact) mass is 212 g/mol. The molecular formula is C10H16N2O3. The Hall–Kier alpha value is -1.20. The molecule has 1 aromatic rings. The number of aryl methyl sites for hydroxylation is 1. The standard InChI is InChI=1S/C10H16N2O3/c1-3-12-9(4-5-11-12)10(13)8-15-7-6-14-2/h4-5H,3,6-8H2,1-2H3. The molecule has 0 aliphatic rings. The molecule has 0 radical (unpaired) electrons. The van der Waals surface area contributed by atoms with Crippen LogP contribution in [0.4, 0.5) is 0 Å². The number of aromatic nitrogens is 2. The van der Waals surface area contributed by atoms with Crippen molar-refractivity contribution in [2.45, 2.75) is 13.5 Å². The van der Waals surface area contributed by atoms with Crippen molar-refractivity contribution < 1.29 is 14.3 Å². The fraction of sp³-hybridized carbons (Fsp3) is 0.600. The second-order valence-electron chi connectivity index (χ2n) is 3.00. The quantitative estimate of drug-likeness (QED) is 0.494. The molecule has 0 saturated heterocycles. The fourth-order valence-electron chi connectivity index (χ4n) is 1.20. The van der Waals surface area contributed by atoms with E-state index in [9.17, 15) is 4.79 Å². The van der Waals surface area contributed by atoms with Crippen LogP contribution in [0.15, 0.2) is 12.3 Å². The topological polar surface area (TPSA) is 53.4 Å². The maximum Gasteiger partial charge on any atom is 0.206 e. The molecule has 0 aliphatic heterocycles. The van der Waals surface area contributed by atoms with E-state index in [4.69, 9.17) is 9.47 Å². The normalized spacial score (nSPS) is 10.5. The van der Waals surface area contributed by atoms with Crippen molar-refractivity contribution in [3.8, 4) is 0 Å². The van der Waals surface area contributed by atoms with Gasteiger partial charge in [0.2, 0.25) is 5.78 Å². The van der Waals surface area contributed by atoms with Gasteiger partial charge in [0, 0.05) is 19.9 Å². The van der Waals surface area contributed by atoms with Gasteiger partial charge < -0.3 is 9.47 Å². The lowest BCUT2D eigenvalue weighted by Gasteiger charge is -2.04. The number of methoxy groups -OCH3 is 1. The first-order chi connectivity index (χ1) is 7.29. The molecule has 1 rings (SSSR count). The van der Waals surface area contributed by atoms with Crippen LogP contribution in [0.2, 0.25) is 0 Å². The van der Waals surface area contributed by atoms with Gasteiger partial charge in [-0.1, -0.05) is 0 Å². The van der Waals surface area contributed by atoms with Gasteiger partial charge in [-0.05, 0) is 13.0 Å². The zero-order chi connectivity index (χ0) is 11.1. The lowest BCUT2D eigenvalue weighted by Crippen LogP contribution is -2.16. The second-order valence-corrected chi connectivity index (χ2v) is 3.00. The molecule has 1 heterocycles. The minimum Gasteiger partial charge on any atom is -0.382 e. The van der Waals surface area contributed by atoms with E-state index in [-0.39, 0.29) is 12.4 Å². The third-order valence-electron chi connectivity index (χ3n) is 1.97. The largest absolute Gasteiger partial charge is 0.382 e. The number of nitrogens with zero attached hydrogens (tertiary/aromatic N) is 2. The number of carbonyl (C=O) groups is 1. The number of rotatable bonds is 7. The van der Waals surface area contributed by atoms with E-state index in [1.54, 1.807) is 24.1 Å². The summed E-state index contributed by atoms with van der Waals surface area (Å²) in [6.07, 6.45) is 1.62. The SMILES string of the molecule is CCn1nccc1C(=O)COCCOC. The zero-order valence-electron chi connectivity index (χ0n) is 9.10. The molecule has 15 heavy (non-hydrogen) atoms. The molecule has 0 saturated carbocycles. The highest BCUT2D eigenvalue weighted by atomic mass is 16.5. The molecular weight excluding hydrogens is 196 g/mol. The third kappa shape index (κ3) is 3.45. The molecule has 0 fully saturated rings. The van der Waals surface area contributed by atoms with Gasteiger partial charge in [-0.2, -0.15) is 5.10 Å². The zero-order valence-corrected chi connectivity index (χ0v) is 9.10. The Bertz CT molecular complexity index is 309. The van der Waals surface area contributed by atoms with Crippen LogP contribution < -0.4 is 0 Å². The second kappa shape index (κ2) is 6.31. The molecule has 0 unspecified atom stereocenters. The van der Waals surface area contributed by atoms with Crippen LogP contribution in [-0.4, -0.2) is 42.5 Å². The van der Waals surface area contributed by atoms with E-state index < -0.39 is 0 Å². The van der Waals surface area contributed by atoms with E-state index in [1.807, 2.05) is 6.92 Å². The van der Waals surface area contributed by atoms with Gasteiger partial charge in [-0.3, -0.25) is 9.48 Å². The Morgan fingerprint density at radius 2 is 2.33 bits per heavy atom. The van der Waals surface area contributed by atoms with E-state index in [2.05, 4.69) is 5.10 Å². The summed E-state index contributed by atoms with van der Waals surface area (Å²) in [5.74, 6) is -0.0505. The number of ketones is 1. The summed E-state index contributed by atoms with van der Waals surface area (Å²) in [6, 6.07) is 1.70. The lowest BCUT2D eigenvalue weighted by molar-refractivity contribution is 0.0569. The number of hydrogen-bond donors (Lipinski definition) is 0. The van der Waals surface area contributed by atoms with Crippen molar-refractivity contribution in [2.24, 2.45) is 0 Å². The van der Waals surface area contributed by atoms with Gasteiger partial charge in [0.1, 0.15) is 12.3 Å². The number of Topliss-reactive ketones (excluding diaryl/α,β-unsaturated/α-hetero) is 1. The fourth-order valence-corrected chi connectivity index (χ4v) is 1.20. The first-order valence-electron chi connectivity index (χ1n) is 4.91. The average Bonchev–Trinajstić information content (AvgIpc) is 2.72. The van der Waals surface area contributed by atoms with Gasteiger partial charge >= 0.3 is 0 Å². The summed E-state index contributed by atoms with van der Waals surface area (Å²) in [4.78, 5) is 11.6. The Balaban J connectivity index is 2.40. The van der Waals surface area contributed by atoms with Gasteiger partial charge in [-0.25, -0.2) is 0 Å². The highest BCUT2D eigenvalue weighted by Gasteiger charge is 2.10. The van der Waals surface area contributed by atoms with Crippen molar-refractivity contribution in [3.63, 3.8) is 0 Å². The van der Waals surface area contributed by atoms with E-state index >= 15 is 0 Å². The van der Waals surface area contributed by atoms with Crippen LogP contribution in [0.3, 0.4) is 0 Å². The van der Waals surface area contributed by atoms with Crippen molar-refractivity contribution in [1.29, 1.82) is 0 Å². The maximum atomic E-state index is 11.6. The summed E-state index contributed by atoms with van der Waals surface area (Å²) in [7, 11) is 1.59. The van der Waals surface area contributed by atoms with Gasteiger partial charge in [0.25, 0.3) is 0 Å². The lowest BCUT2D eigenvalue weighted by atomic mass is 10.3. The molecule has 5 heteroatoms. The molecule has 0 aromatic carbocycles. The number of carbonyl (C=O) groups excluding carboxylic acids is 1. The summed E-state index contributed by atoms with van der Waals surface area (Å²) in [6.45, 7) is 3.64. The van der Waals surface area contributed by atoms with E-state index in [1.165, 1.54) is 0 Å². The highest BCUT2D eigenvalue weighted by molar-refractivity contribution is 5.95. The summed E-state index contributed by atoms with van der Waals surface area (Å²) in [5, 5.41) is 4.02. The summed E-state index contributed by atoms with van der Waals surface area (Å²) >= 11 is 0. The van der Waals surface area contributed by atoms with Crippen LogP contribution in [0.25, 0.3) is 0 Å². The van der Waals surface area contributed by atoms with Crippen molar-refractivity contribution in [1.82, 2.24) is 9.78 Å². The average molecular weight is 212 g/mol. The Labute approximate surface area is 89.0 Å². The van der Waals surface area contributed by atoms with Gasteiger partial charge in [0.15, 0.2) is 0 Å².